The standard InChI is InChI=1S/C26H27FN4O2.2C25H25FN4O2.C23H25FN4O3S/c1-26(25(28)32)12-17(13-26)23-20-11-21-16(14-29-30-21)10-22(20)31(19-4-2-18(27)3-5-19)24(23)15-6-8-33-9-7-15;2*26-18-1-3-19(4-2-18)30-22-11-17-13-28-29-21(17)12-20(22)23(15-9-16(10-15)25(27)31)24(30)14-5-7-32-8-6-14;1-25-32(29,30)11-8-19-20-13-21-16(14-26-27-21)12-22(20)28(18-4-2-17(24)3-5-18)23(19)15-6-9-31-10-7-15/h2-5,10-11,14-15,17H,6-9,12-13H2,1H3,(H2,28,32)(H,29,30);2*1-4,11-16H,5-10H2,(H2,27,31)(H,28,29);2-5,12-15,25H,6-11H2,1H3,(H,26,27). The molecule has 7 fully saturated rings. The van der Waals surface area contributed by atoms with Crippen molar-refractivity contribution in [3.63, 3.8) is 0 Å². The maximum atomic E-state index is 13.8. The zero-order chi connectivity index (χ0) is 88.7. The summed E-state index contributed by atoms with van der Waals surface area (Å²) in [7, 11) is -1.94. The summed E-state index contributed by atoms with van der Waals surface area (Å²) in [5, 5.41) is 37.7. The fourth-order valence-electron chi connectivity index (χ4n) is 21.6. The third-order valence-corrected chi connectivity index (χ3v) is 29.8. The van der Waals surface area contributed by atoms with Gasteiger partial charge in [-0.1, -0.05) is 6.92 Å². The molecule has 4 saturated heterocycles. The molecular weight excluding hydrogens is 1670 g/mol. The number of rotatable bonds is 18. The van der Waals surface area contributed by atoms with Crippen LogP contribution in [0.25, 0.3) is 110 Å². The number of sulfonamides is 1. The van der Waals surface area contributed by atoms with Gasteiger partial charge in [-0.3, -0.25) is 34.8 Å². The van der Waals surface area contributed by atoms with Crippen molar-refractivity contribution < 1.29 is 59.3 Å². The first-order valence-corrected chi connectivity index (χ1v) is 46.4. The second kappa shape index (κ2) is 34.9. The van der Waals surface area contributed by atoms with Crippen molar-refractivity contribution in [3.05, 3.63) is 239 Å². The highest BCUT2D eigenvalue weighted by Gasteiger charge is 2.49. The van der Waals surface area contributed by atoms with Gasteiger partial charge in [-0.05, 0) is 289 Å². The zero-order valence-corrected chi connectivity index (χ0v) is 72.6. The number of nitrogens with zero attached hydrogens (tertiary/aromatic N) is 8. The average molecular weight is 1770 g/mol. The summed E-state index contributed by atoms with van der Waals surface area (Å²) < 4.78 is 114. The lowest BCUT2D eigenvalue weighted by molar-refractivity contribution is -0.132. The van der Waals surface area contributed by atoms with Crippen molar-refractivity contribution in [2.75, 3.05) is 65.7 Å². The number of primary amides is 3. The Bertz CT molecular complexity index is 6820. The first-order chi connectivity index (χ1) is 62.6. The van der Waals surface area contributed by atoms with Crippen molar-refractivity contribution in [1.29, 1.82) is 0 Å². The second-order valence-electron chi connectivity index (χ2n) is 36.2. The fourth-order valence-corrected chi connectivity index (χ4v) is 22.3. The highest BCUT2D eigenvalue weighted by molar-refractivity contribution is 7.89. The summed E-state index contributed by atoms with van der Waals surface area (Å²) in [6.07, 6.45) is 19.5. The van der Waals surface area contributed by atoms with Crippen LogP contribution in [0.1, 0.15) is 183 Å². The fraction of sp³-hybridized carbons (Fsp3) is 0.364. The number of ether oxygens (including phenoxy) is 4. The summed E-state index contributed by atoms with van der Waals surface area (Å²) >= 11 is 0. The smallest absolute Gasteiger partial charge is 0.223 e. The molecule has 0 radical (unpaired) electrons. The third-order valence-electron chi connectivity index (χ3n) is 28.5. The van der Waals surface area contributed by atoms with Gasteiger partial charge in [-0.25, -0.2) is 30.7 Å². The van der Waals surface area contributed by atoms with Gasteiger partial charge in [0.1, 0.15) is 23.3 Å². The maximum absolute atomic E-state index is 13.8. The number of carbonyl (C=O) groups excluding carboxylic acids is 3. The lowest BCUT2D eigenvalue weighted by atomic mass is 9.60. The Morgan fingerprint density at radius 2 is 0.674 bits per heavy atom. The van der Waals surface area contributed by atoms with Crippen LogP contribution >= 0.6 is 0 Å². The largest absolute Gasteiger partial charge is 0.381 e. The van der Waals surface area contributed by atoms with Crippen LogP contribution in [0.4, 0.5) is 17.6 Å². The average Bonchev–Trinajstić information content (AvgIpc) is 1.57. The molecule has 0 bridgehead atoms. The van der Waals surface area contributed by atoms with Gasteiger partial charge in [0.2, 0.25) is 27.7 Å². The van der Waals surface area contributed by atoms with E-state index in [1.54, 1.807) is 18.3 Å². The van der Waals surface area contributed by atoms with E-state index in [4.69, 9.17) is 36.1 Å². The summed E-state index contributed by atoms with van der Waals surface area (Å²) in [6, 6.07) is 43.7. The van der Waals surface area contributed by atoms with Gasteiger partial charge in [-0.2, -0.15) is 20.4 Å². The SMILES string of the molecule is CC1(C(N)=O)CC(c2c(C3CCOCC3)n(-c3ccc(F)cc3)c3cc4cn[nH]c4cc23)C1.CNS(=O)(=O)CCc1c(C2CCOCC2)n(-c2ccc(F)cc2)c2cc3cn[nH]c3cc12.NC(=O)C1CC(c2c(C3CCOCC3)n(-c3ccc(F)cc3)c3cc4cn[nH]c4cc23)C1.NC(=O)C1CC(c2c(C3CCOCC3)n(-c3ccc(F)cc3)c3cc4cn[nH]c4cc23)C1. The molecule has 25 nitrogen and oxygen atoms in total. The van der Waals surface area contributed by atoms with Crippen LogP contribution in [-0.4, -0.2) is 151 Å². The van der Waals surface area contributed by atoms with Gasteiger partial charge in [-0.15, -0.1) is 0 Å². The monoisotopic (exact) mass is 1770 g/mol. The van der Waals surface area contributed by atoms with Crippen LogP contribution in [0, 0.1) is 40.5 Å². The number of aromatic amines is 4. The number of aryl methyl sites for hydroxylation is 1. The van der Waals surface area contributed by atoms with Crippen molar-refractivity contribution in [3.8, 4) is 22.7 Å². The minimum absolute atomic E-state index is 0.0107. The van der Waals surface area contributed by atoms with E-state index in [0.717, 1.165) is 240 Å². The predicted octanol–water partition coefficient (Wildman–Crippen LogP) is 17.6. The molecule has 23 rings (SSSR count). The molecular formula is C99H102F4N16O9S. The Balaban J connectivity index is 0.000000108. The number of benzene rings is 8. The van der Waals surface area contributed by atoms with Crippen molar-refractivity contribution in [2.24, 2.45) is 34.5 Å². The lowest BCUT2D eigenvalue weighted by Gasteiger charge is -2.44. The summed E-state index contributed by atoms with van der Waals surface area (Å²) in [5.74, 6) is 0.130. The van der Waals surface area contributed by atoms with Crippen molar-refractivity contribution >= 4 is 115 Å². The zero-order valence-electron chi connectivity index (χ0n) is 71.7. The Kier molecular flexibility index (Phi) is 23.0. The number of fused-ring (bicyclic) bond motifs is 8. The molecule has 0 unspecified atom stereocenters. The Hall–Kier alpha value is -12.3. The lowest BCUT2D eigenvalue weighted by Crippen LogP contribution is -2.44. The predicted molar refractivity (Wildman–Crippen MR) is 488 cm³/mol. The molecule has 0 atom stereocenters. The molecule has 8 aromatic carbocycles. The highest BCUT2D eigenvalue weighted by Crippen LogP contribution is 2.57. The van der Waals surface area contributed by atoms with Gasteiger partial charge in [0.15, 0.2) is 0 Å². The first kappa shape index (κ1) is 84.8. The topological polar surface area (TPSA) is 347 Å². The molecule has 7 aliphatic rings. The molecule has 4 aliphatic heterocycles. The van der Waals surface area contributed by atoms with Crippen molar-refractivity contribution in [2.45, 2.75) is 145 Å². The molecule has 12 heterocycles. The molecule has 3 amide bonds. The van der Waals surface area contributed by atoms with E-state index in [1.807, 2.05) is 68.0 Å². The summed E-state index contributed by atoms with van der Waals surface area (Å²) in [5.41, 5.74) is 37.9. The Labute approximate surface area is 740 Å². The van der Waals surface area contributed by atoms with E-state index >= 15 is 0 Å². The number of H-pyrrole nitrogens is 4. The van der Waals surface area contributed by atoms with Crippen LogP contribution in [-0.2, 0) is 49.8 Å². The molecule has 11 N–H and O–H groups in total. The molecule has 3 saturated carbocycles. The minimum Gasteiger partial charge on any atom is -0.381 e. The van der Waals surface area contributed by atoms with E-state index in [9.17, 15) is 40.4 Å². The first-order valence-electron chi connectivity index (χ1n) is 44.8. The van der Waals surface area contributed by atoms with E-state index in [1.165, 1.54) is 100 Å². The van der Waals surface area contributed by atoms with Gasteiger partial charge in [0.05, 0.1) is 74.7 Å². The number of nitrogens with one attached hydrogen (secondary N) is 5. The van der Waals surface area contributed by atoms with Crippen LogP contribution in [0.5, 0.6) is 0 Å². The molecule has 3 aliphatic carbocycles. The number of amides is 3. The Morgan fingerprint density at radius 3 is 0.961 bits per heavy atom. The van der Waals surface area contributed by atoms with Gasteiger partial charge in [0, 0.05) is 182 Å². The quantitative estimate of drug-likeness (QED) is 0.0371. The van der Waals surface area contributed by atoms with Crippen molar-refractivity contribution in [1.82, 2.24) is 63.8 Å². The highest BCUT2D eigenvalue weighted by atomic mass is 32.2. The number of carbonyl (C=O) groups is 3. The van der Waals surface area contributed by atoms with Crippen LogP contribution in [0.2, 0.25) is 0 Å². The number of hydrogen-bond acceptors (Lipinski definition) is 13. The molecule has 129 heavy (non-hydrogen) atoms. The van der Waals surface area contributed by atoms with E-state index in [0.29, 0.717) is 37.4 Å². The molecule has 30 heteroatoms. The van der Waals surface area contributed by atoms with E-state index in [-0.39, 0.29) is 82.3 Å². The number of aromatic nitrogens is 12. The van der Waals surface area contributed by atoms with E-state index < -0.39 is 15.4 Å². The third kappa shape index (κ3) is 16.1. The normalized spacial score (nSPS) is 20.8. The molecule has 0 spiro atoms. The molecule has 16 aromatic rings. The van der Waals surface area contributed by atoms with Crippen LogP contribution in [0.3, 0.4) is 0 Å². The van der Waals surface area contributed by atoms with Crippen LogP contribution < -0.4 is 21.9 Å². The van der Waals surface area contributed by atoms with Gasteiger partial charge >= 0.3 is 0 Å². The number of hydrogen-bond donors (Lipinski definition) is 8. The molecule has 666 valence electrons. The summed E-state index contributed by atoms with van der Waals surface area (Å²) in [6.45, 7) is 7.66. The second-order valence-corrected chi connectivity index (χ2v) is 38.2. The number of halogens is 4. The summed E-state index contributed by atoms with van der Waals surface area (Å²) in [4.78, 5) is 35.6. The van der Waals surface area contributed by atoms with Gasteiger partial charge < -0.3 is 54.4 Å². The number of nitrogens with two attached hydrogens (primary N) is 3. The maximum Gasteiger partial charge on any atom is 0.223 e. The van der Waals surface area contributed by atoms with Crippen LogP contribution in [0.15, 0.2) is 170 Å². The van der Waals surface area contributed by atoms with Gasteiger partial charge in [0.25, 0.3) is 0 Å². The Morgan fingerprint density at radius 1 is 0.403 bits per heavy atom. The van der Waals surface area contributed by atoms with E-state index in [2.05, 4.69) is 106 Å². The minimum atomic E-state index is -3.38. The molecule has 8 aromatic heterocycles.